The van der Waals surface area contributed by atoms with Gasteiger partial charge in [0, 0.05) is 37.1 Å². The summed E-state index contributed by atoms with van der Waals surface area (Å²) in [6.45, 7) is 1.87. The van der Waals surface area contributed by atoms with Crippen LogP contribution in [0.25, 0.3) is 0 Å². The average Bonchev–Trinajstić information content (AvgIpc) is 3.10. The molecule has 0 aliphatic carbocycles. The summed E-state index contributed by atoms with van der Waals surface area (Å²) in [6.07, 6.45) is 4.14. The van der Waals surface area contributed by atoms with Gasteiger partial charge in [0.2, 0.25) is 0 Å². The highest BCUT2D eigenvalue weighted by atomic mass is 16.5. The molecular formula is C19H18N4O2. The van der Waals surface area contributed by atoms with Crippen LogP contribution in [0.15, 0.2) is 60.9 Å². The van der Waals surface area contributed by atoms with E-state index in [9.17, 15) is 4.79 Å². The lowest BCUT2D eigenvalue weighted by Crippen LogP contribution is -2.37. The summed E-state index contributed by atoms with van der Waals surface area (Å²) in [5.74, 6) is 1.59. The number of benzene rings is 1. The first-order chi connectivity index (χ1) is 12.3. The summed E-state index contributed by atoms with van der Waals surface area (Å²) < 4.78 is 7.64. The van der Waals surface area contributed by atoms with Gasteiger partial charge >= 0.3 is 0 Å². The molecule has 4 rings (SSSR count). The maximum absolute atomic E-state index is 12.8. The Hall–Kier alpha value is -3.15. The lowest BCUT2D eigenvalue weighted by Gasteiger charge is -2.27. The summed E-state index contributed by atoms with van der Waals surface area (Å²) in [5.41, 5.74) is 1.44. The minimum atomic E-state index is -0.0289. The maximum Gasteiger partial charge on any atom is 0.259 e. The van der Waals surface area contributed by atoms with Crippen LogP contribution in [-0.4, -0.2) is 27.2 Å². The number of anilines is 1. The van der Waals surface area contributed by atoms with Crippen molar-refractivity contribution in [3.8, 4) is 5.75 Å². The third kappa shape index (κ3) is 3.24. The highest BCUT2D eigenvalue weighted by Gasteiger charge is 2.25. The Morgan fingerprint density at radius 2 is 1.88 bits per heavy atom. The molecule has 0 bridgehead atoms. The van der Waals surface area contributed by atoms with E-state index >= 15 is 0 Å². The Morgan fingerprint density at radius 3 is 2.68 bits per heavy atom. The van der Waals surface area contributed by atoms with Crippen molar-refractivity contribution in [3.63, 3.8) is 0 Å². The SMILES string of the molecule is O=C(c1ccncc1)N1CCCn2nc(COc3ccccc3)cc21. The number of rotatable bonds is 4. The van der Waals surface area contributed by atoms with Crippen LogP contribution in [0, 0.1) is 0 Å². The van der Waals surface area contributed by atoms with Crippen LogP contribution in [0.2, 0.25) is 0 Å². The van der Waals surface area contributed by atoms with Gasteiger partial charge in [-0.1, -0.05) is 18.2 Å². The van der Waals surface area contributed by atoms with E-state index < -0.39 is 0 Å². The number of nitrogens with zero attached hydrogens (tertiary/aromatic N) is 4. The fraction of sp³-hybridized carbons (Fsp3) is 0.211. The first kappa shape index (κ1) is 15.4. The monoisotopic (exact) mass is 334 g/mol. The molecule has 0 radical (unpaired) electrons. The van der Waals surface area contributed by atoms with Gasteiger partial charge in [-0.3, -0.25) is 14.7 Å². The maximum atomic E-state index is 12.8. The quantitative estimate of drug-likeness (QED) is 0.736. The zero-order chi connectivity index (χ0) is 17.1. The van der Waals surface area contributed by atoms with E-state index in [1.807, 2.05) is 41.1 Å². The number of hydrogen-bond donors (Lipinski definition) is 0. The second-order valence-electron chi connectivity index (χ2n) is 5.86. The van der Waals surface area contributed by atoms with Crippen molar-refractivity contribution in [1.29, 1.82) is 0 Å². The minimum absolute atomic E-state index is 0.0289. The first-order valence-corrected chi connectivity index (χ1v) is 8.28. The van der Waals surface area contributed by atoms with Gasteiger partial charge in [-0.25, -0.2) is 4.68 Å². The molecule has 0 spiro atoms. The van der Waals surface area contributed by atoms with Crippen LogP contribution in [0.5, 0.6) is 5.75 Å². The largest absolute Gasteiger partial charge is 0.487 e. The number of aromatic nitrogens is 3. The molecule has 1 amide bonds. The molecular weight excluding hydrogens is 316 g/mol. The lowest BCUT2D eigenvalue weighted by molar-refractivity contribution is 0.0981. The number of fused-ring (bicyclic) bond motifs is 1. The van der Waals surface area contributed by atoms with Crippen LogP contribution in [-0.2, 0) is 13.2 Å². The van der Waals surface area contributed by atoms with Gasteiger partial charge in [0.15, 0.2) is 0 Å². The predicted molar refractivity (Wildman–Crippen MR) is 93.5 cm³/mol. The van der Waals surface area contributed by atoms with Crippen molar-refractivity contribution in [2.45, 2.75) is 19.6 Å². The Bertz CT molecular complexity index is 862. The van der Waals surface area contributed by atoms with E-state index in [0.29, 0.717) is 18.7 Å². The number of hydrogen-bond acceptors (Lipinski definition) is 4. The van der Waals surface area contributed by atoms with Crippen molar-refractivity contribution in [1.82, 2.24) is 14.8 Å². The molecule has 6 heteroatoms. The molecule has 1 aromatic carbocycles. The fourth-order valence-corrected chi connectivity index (χ4v) is 2.93. The number of ether oxygens (including phenoxy) is 1. The number of carbonyl (C=O) groups excluding carboxylic acids is 1. The van der Waals surface area contributed by atoms with E-state index in [4.69, 9.17) is 4.74 Å². The van der Waals surface area contributed by atoms with Crippen molar-refractivity contribution in [2.75, 3.05) is 11.4 Å². The summed E-state index contributed by atoms with van der Waals surface area (Å²) in [6, 6.07) is 15.0. The number of pyridine rings is 1. The van der Waals surface area contributed by atoms with Gasteiger partial charge < -0.3 is 4.74 Å². The van der Waals surface area contributed by atoms with Crippen LogP contribution in [0.1, 0.15) is 22.5 Å². The van der Waals surface area contributed by atoms with Crippen molar-refractivity contribution in [2.24, 2.45) is 0 Å². The summed E-state index contributed by atoms with van der Waals surface area (Å²) in [4.78, 5) is 18.5. The van der Waals surface area contributed by atoms with Crippen LogP contribution >= 0.6 is 0 Å². The molecule has 3 heterocycles. The van der Waals surface area contributed by atoms with Gasteiger partial charge in [-0.15, -0.1) is 0 Å². The van der Waals surface area contributed by atoms with Gasteiger partial charge in [0.1, 0.15) is 23.9 Å². The van der Waals surface area contributed by atoms with E-state index in [2.05, 4.69) is 10.1 Å². The van der Waals surface area contributed by atoms with Crippen LogP contribution in [0.4, 0.5) is 5.82 Å². The number of amides is 1. The van der Waals surface area contributed by atoms with E-state index in [0.717, 1.165) is 30.2 Å². The molecule has 1 aliphatic heterocycles. The minimum Gasteiger partial charge on any atom is -0.487 e. The standard InChI is InChI=1S/C19H18N4O2/c24-19(15-7-9-20-10-8-15)22-11-4-12-23-18(22)13-16(21-23)14-25-17-5-2-1-3-6-17/h1-3,5-10,13H,4,11-12,14H2. The Kier molecular flexibility index (Phi) is 4.16. The normalized spacial score (nSPS) is 13.4. The molecule has 126 valence electrons. The van der Waals surface area contributed by atoms with Gasteiger partial charge in [0.25, 0.3) is 5.91 Å². The molecule has 0 saturated heterocycles. The molecule has 3 aromatic rings. The van der Waals surface area contributed by atoms with Gasteiger partial charge in [-0.05, 0) is 30.7 Å². The zero-order valence-electron chi connectivity index (χ0n) is 13.7. The van der Waals surface area contributed by atoms with Crippen molar-refractivity contribution >= 4 is 11.7 Å². The fourth-order valence-electron chi connectivity index (χ4n) is 2.93. The molecule has 0 fully saturated rings. The zero-order valence-corrected chi connectivity index (χ0v) is 13.7. The second-order valence-corrected chi connectivity index (χ2v) is 5.86. The smallest absolute Gasteiger partial charge is 0.259 e. The predicted octanol–water partition coefficient (Wildman–Crippen LogP) is 2.91. The highest BCUT2D eigenvalue weighted by Crippen LogP contribution is 2.24. The Labute approximate surface area is 145 Å². The van der Waals surface area contributed by atoms with Crippen LogP contribution < -0.4 is 9.64 Å². The summed E-state index contributed by atoms with van der Waals surface area (Å²) >= 11 is 0. The number of para-hydroxylation sites is 1. The number of aryl methyl sites for hydroxylation is 1. The van der Waals surface area contributed by atoms with Gasteiger partial charge in [-0.2, -0.15) is 5.10 Å². The number of carbonyl (C=O) groups is 1. The molecule has 0 N–H and O–H groups in total. The topological polar surface area (TPSA) is 60.2 Å². The molecule has 2 aromatic heterocycles. The molecule has 25 heavy (non-hydrogen) atoms. The molecule has 0 saturated carbocycles. The van der Waals surface area contributed by atoms with Crippen molar-refractivity contribution < 1.29 is 9.53 Å². The Morgan fingerprint density at radius 1 is 1.08 bits per heavy atom. The summed E-state index contributed by atoms with van der Waals surface area (Å²) in [7, 11) is 0. The van der Waals surface area contributed by atoms with E-state index in [1.165, 1.54) is 0 Å². The molecule has 1 aliphatic rings. The highest BCUT2D eigenvalue weighted by molar-refractivity contribution is 6.05. The Balaban J connectivity index is 1.53. The first-order valence-electron chi connectivity index (χ1n) is 8.28. The molecule has 6 nitrogen and oxygen atoms in total. The molecule has 0 atom stereocenters. The summed E-state index contributed by atoms with van der Waals surface area (Å²) in [5, 5.41) is 4.58. The third-order valence-electron chi connectivity index (χ3n) is 4.14. The lowest BCUT2D eigenvalue weighted by atomic mass is 10.2. The van der Waals surface area contributed by atoms with Crippen LogP contribution in [0.3, 0.4) is 0 Å². The second kappa shape index (κ2) is 6.76. The van der Waals surface area contributed by atoms with Gasteiger partial charge in [0.05, 0.1) is 0 Å². The van der Waals surface area contributed by atoms with Crippen molar-refractivity contribution in [3.05, 3.63) is 72.2 Å². The third-order valence-corrected chi connectivity index (χ3v) is 4.14. The van der Waals surface area contributed by atoms with E-state index in [-0.39, 0.29) is 5.91 Å². The molecule has 0 unspecified atom stereocenters. The van der Waals surface area contributed by atoms with E-state index in [1.54, 1.807) is 29.4 Å². The average molecular weight is 334 g/mol.